The molecular weight excluding hydrogens is 445 g/mol. The standard InChI is InChI=1S/C19H34N4O3.C2HF3O2/c1-22(2)10-9-20-18(24)16-11-15-12-23(13-17(16)26-15)19(25)21-14-7-5-3-4-6-8-14;3-2(4,5)1(6)7/h14-17H,3-13H2,1-2H3,(H,20,24)(H,21,25);(H,6,7). The Balaban J connectivity index is 0.000000479. The molecule has 0 aromatic carbocycles. The number of carboxylic acids is 1. The Labute approximate surface area is 192 Å². The number of aliphatic carboxylic acids is 1. The topological polar surface area (TPSA) is 111 Å². The summed E-state index contributed by atoms with van der Waals surface area (Å²) in [5.41, 5.74) is 0. The largest absolute Gasteiger partial charge is 0.490 e. The molecule has 0 aromatic heterocycles. The van der Waals surface area contributed by atoms with Gasteiger partial charge in [0.2, 0.25) is 5.91 Å². The van der Waals surface area contributed by atoms with Crippen molar-refractivity contribution in [3.63, 3.8) is 0 Å². The van der Waals surface area contributed by atoms with Gasteiger partial charge in [-0.1, -0.05) is 25.7 Å². The number of carbonyl (C=O) groups is 3. The molecule has 2 bridgehead atoms. The number of alkyl halides is 3. The Bertz CT molecular complexity index is 669. The van der Waals surface area contributed by atoms with E-state index in [0.717, 1.165) is 19.4 Å². The fourth-order valence-electron chi connectivity index (χ4n) is 4.32. The number of rotatable bonds is 5. The Morgan fingerprint density at radius 2 is 1.70 bits per heavy atom. The molecule has 3 atom stereocenters. The lowest BCUT2D eigenvalue weighted by atomic mass is 9.99. The van der Waals surface area contributed by atoms with E-state index in [2.05, 4.69) is 10.6 Å². The number of carbonyl (C=O) groups excluding carboxylic acids is 2. The van der Waals surface area contributed by atoms with Crippen molar-refractivity contribution in [1.82, 2.24) is 20.4 Å². The average Bonchev–Trinajstić information content (AvgIpc) is 2.88. The maximum atomic E-state index is 12.7. The van der Waals surface area contributed by atoms with Crippen molar-refractivity contribution in [3.8, 4) is 0 Å². The minimum Gasteiger partial charge on any atom is -0.475 e. The van der Waals surface area contributed by atoms with Crippen molar-refractivity contribution in [2.75, 3.05) is 40.3 Å². The lowest BCUT2D eigenvalue weighted by molar-refractivity contribution is -0.192. The number of nitrogens with zero attached hydrogens (tertiary/aromatic N) is 2. The third kappa shape index (κ3) is 9.00. The van der Waals surface area contributed by atoms with Crippen LogP contribution in [0, 0.1) is 5.92 Å². The fourth-order valence-corrected chi connectivity index (χ4v) is 4.32. The van der Waals surface area contributed by atoms with E-state index in [4.69, 9.17) is 14.6 Å². The van der Waals surface area contributed by atoms with Crippen LogP contribution in [0.4, 0.5) is 18.0 Å². The van der Waals surface area contributed by atoms with Crippen molar-refractivity contribution in [1.29, 1.82) is 0 Å². The van der Waals surface area contributed by atoms with Crippen LogP contribution >= 0.6 is 0 Å². The van der Waals surface area contributed by atoms with E-state index in [1.807, 2.05) is 23.9 Å². The molecule has 2 heterocycles. The first kappa shape index (κ1) is 27.2. The molecule has 2 saturated heterocycles. The van der Waals surface area contributed by atoms with Gasteiger partial charge >= 0.3 is 18.2 Å². The van der Waals surface area contributed by atoms with Crippen LogP contribution in [0.2, 0.25) is 0 Å². The summed E-state index contributed by atoms with van der Waals surface area (Å²) in [5.74, 6) is -2.84. The quantitative estimate of drug-likeness (QED) is 0.518. The molecule has 3 amide bonds. The minimum atomic E-state index is -5.08. The maximum absolute atomic E-state index is 12.7. The van der Waals surface area contributed by atoms with Crippen LogP contribution in [-0.4, -0.2) is 97.5 Å². The van der Waals surface area contributed by atoms with Crippen LogP contribution in [0.3, 0.4) is 0 Å². The van der Waals surface area contributed by atoms with Gasteiger partial charge in [-0.05, 0) is 33.4 Å². The second kappa shape index (κ2) is 12.4. The number of amides is 3. The third-order valence-corrected chi connectivity index (χ3v) is 6.06. The minimum absolute atomic E-state index is 0.0155. The van der Waals surface area contributed by atoms with Gasteiger partial charge in [0, 0.05) is 32.2 Å². The third-order valence-electron chi connectivity index (χ3n) is 6.06. The first-order valence-corrected chi connectivity index (χ1v) is 11.4. The van der Waals surface area contributed by atoms with Crippen molar-refractivity contribution < 1.29 is 37.4 Å². The maximum Gasteiger partial charge on any atom is 0.490 e. The summed E-state index contributed by atoms with van der Waals surface area (Å²) in [7, 11) is 3.98. The summed E-state index contributed by atoms with van der Waals surface area (Å²) >= 11 is 0. The predicted molar refractivity (Wildman–Crippen MR) is 114 cm³/mol. The van der Waals surface area contributed by atoms with Gasteiger partial charge in [-0.25, -0.2) is 9.59 Å². The van der Waals surface area contributed by atoms with Crippen molar-refractivity contribution in [3.05, 3.63) is 0 Å². The van der Waals surface area contributed by atoms with Crippen LogP contribution < -0.4 is 10.6 Å². The summed E-state index contributed by atoms with van der Waals surface area (Å²) in [4.78, 5) is 37.9. The van der Waals surface area contributed by atoms with Crippen molar-refractivity contribution in [2.45, 2.75) is 69.4 Å². The van der Waals surface area contributed by atoms with Gasteiger partial charge in [0.15, 0.2) is 0 Å². The Kier molecular flexibility index (Phi) is 10.2. The number of fused-ring (bicyclic) bond motifs is 2. The normalized spacial score (nSPS) is 25.6. The first-order valence-electron chi connectivity index (χ1n) is 11.4. The molecule has 3 fully saturated rings. The van der Waals surface area contributed by atoms with Crippen molar-refractivity contribution >= 4 is 17.9 Å². The van der Waals surface area contributed by atoms with Gasteiger partial charge in [-0.3, -0.25) is 4.79 Å². The van der Waals surface area contributed by atoms with E-state index in [1.165, 1.54) is 25.7 Å². The smallest absolute Gasteiger partial charge is 0.475 e. The molecule has 9 nitrogen and oxygen atoms in total. The molecule has 0 radical (unpaired) electrons. The number of likely N-dealkylation sites (N-methyl/N-ethyl adjacent to an activating group) is 1. The number of ether oxygens (including phenoxy) is 1. The van der Waals surface area contributed by atoms with E-state index in [9.17, 15) is 22.8 Å². The Hall–Kier alpha value is -2.08. The van der Waals surface area contributed by atoms with Crippen LogP contribution in [0.25, 0.3) is 0 Å². The first-order chi connectivity index (χ1) is 15.5. The predicted octanol–water partition coefficient (Wildman–Crippen LogP) is 1.82. The summed E-state index contributed by atoms with van der Waals surface area (Å²) in [6.07, 6.45) is 2.57. The number of carboxylic acid groups (broad SMARTS) is 1. The molecule has 2 aliphatic heterocycles. The SMILES string of the molecule is CN(C)CCNC(=O)C1CC2CN(C(=O)NC3CCCCCC3)CC1O2.O=C(O)C(F)(F)F. The highest BCUT2D eigenvalue weighted by atomic mass is 19.4. The van der Waals surface area contributed by atoms with Gasteiger partial charge < -0.3 is 30.3 Å². The molecule has 3 unspecified atom stereocenters. The van der Waals surface area contributed by atoms with E-state index < -0.39 is 12.1 Å². The van der Waals surface area contributed by atoms with Crippen molar-refractivity contribution in [2.24, 2.45) is 5.92 Å². The van der Waals surface area contributed by atoms with E-state index in [0.29, 0.717) is 32.1 Å². The Morgan fingerprint density at radius 1 is 1.09 bits per heavy atom. The van der Waals surface area contributed by atoms with Crippen LogP contribution in [0.1, 0.15) is 44.9 Å². The molecular formula is C21H35F3N4O5. The zero-order valence-corrected chi connectivity index (χ0v) is 19.2. The molecule has 3 rings (SSSR count). The molecule has 3 N–H and O–H groups in total. The Morgan fingerprint density at radius 3 is 2.24 bits per heavy atom. The number of hydrogen-bond donors (Lipinski definition) is 3. The molecule has 190 valence electrons. The van der Waals surface area contributed by atoms with Gasteiger partial charge in [-0.15, -0.1) is 0 Å². The summed E-state index contributed by atoms with van der Waals surface area (Å²) in [6.45, 7) is 2.58. The monoisotopic (exact) mass is 480 g/mol. The number of urea groups is 1. The molecule has 0 spiro atoms. The van der Waals surface area contributed by atoms with Gasteiger partial charge in [0.1, 0.15) is 0 Å². The number of halogens is 3. The van der Waals surface area contributed by atoms with Gasteiger partial charge in [0.25, 0.3) is 0 Å². The number of likely N-dealkylation sites (tertiary alicyclic amines) is 1. The lowest BCUT2D eigenvalue weighted by Gasteiger charge is -2.34. The molecule has 12 heteroatoms. The summed E-state index contributed by atoms with van der Waals surface area (Å²) in [6, 6.07) is 0.319. The van der Waals surface area contributed by atoms with E-state index >= 15 is 0 Å². The molecule has 1 aliphatic carbocycles. The lowest BCUT2D eigenvalue weighted by Crippen LogP contribution is -2.53. The van der Waals surface area contributed by atoms with E-state index in [-0.39, 0.29) is 30.1 Å². The van der Waals surface area contributed by atoms with E-state index in [1.54, 1.807) is 0 Å². The zero-order valence-electron chi connectivity index (χ0n) is 19.2. The number of nitrogens with one attached hydrogen (secondary N) is 2. The second-order valence-electron chi connectivity index (χ2n) is 9.08. The highest BCUT2D eigenvalue weighted by Crippen LogP contribution is 2.32. The summed E-state index contributed by atoms with van der Waals surface area (Å²) in [5, 5.41) is 13.3. The fraction of sp³-hybridized carbons (Fsp3) is 0.857. The average molecular weight is 481 g/mol. The molecule has 0 aromatic rings. The number of hydrogen-bond acceptors (Lipinski definition) is 5. The molecule has 33 heavy (non-hydrogen) atoms. The molecule has 1 saturated carbocycles. The number of morpholine rings is 1. The second-order valence-corrected chi connectivity index (χ2v) is 9.08. The van der Waals surface area contributed by atoms with Gasteiger partial charge in [-0.2, -0.15) is 13.2 Å². The molecule has 3 aliphatic rings. The van der Waals surface area contributed by atoms with Crippen LogP contribution in [-0.2, 0) is 14.3 Å². The van der Waals surface area contributed by atoms with Crippen LogP contribution in [0.15, 0.2) is 0 Å². The zero-order chi connectivity index (χ0) is 24.6. The summed E-state index contributed by atoms with van der Waals surface area (Å²) < 4.78 is 37.7. The van der Waals surface area contributed by atoms with Gasteiger partial charge in [0.05, 0.1) is 18.1 Å². The highest BCUT2D eigenvalue weighted by molar-refractivity contribution is 5.80. The highest BCUT2D eigenvalue weighted by Gasteiger charge is 2.45. The van der Waals surface area contributed by atoms with Crippen LogP contribution in [0.5, 0.6) is 0 Å².